The van der Waals surface area contributed by atoms with E-state index in [9.17, 15) is 9.18 Å². The molecular weight excluding hydrogens is 343 g/mol. The summed E-state index contributed by atoms with van der Waals surface area (Å²) < 4.78 is 13.0. The molecule has 6 heteroatoms. The molecule has 27 heavy (non-hydrogen) atoms. The van der Waals surface area contributed by atoms with Gasteiger partial charge in [0.2, 0.25) is 0 Å². The van der Waals surface area contributed by atoms with Crippen molar-refractivity contribution in [2.75, 3.05) is 5.73 Å². The first-order valence-electron chi connectivity index (χ1n) is 8.33. The number of anilines is 1. The summed E-state index contributed by atoms with van der Waals surface area (Å²) in [6, 6.07) is 11.1. The predicted molar refractivity (Wildman–Crippen MR) is 102 cm³/mol. The van der Waals surface area contributed by atoms with E-state index in [1.165, 1.54) is 24.3 Å². The molecule has 0 atom stereocenters. The third kappa shape index (κ3) is 3.64. The summed E-state index contributed by atoms with van der Waals surface area (Å²) in [5.41, 5.74) is 9.93. The van der Waals surface area contributed by atoms with Crippen molar-refractivity contribution in [3.05, 3.63) is 84.3 Å². The molecule has 3 aromatic heterocycles. The fourth-order valence-electron chi connectivity index (χ4n) is 2.85. The number of nitrogen functional groups attached to an aromatic ring is 1. The number of carbonyl (C=O) groups excluding carboxylic acids is 1. The summed E-state index contributed by atoms with van der Waals surface area (Å²) in [4.78, 5) is 25.2. The minimum Gasteiger partial charge on any atom is -0.397 e. The van der Waals surface area contributed by atoms with Crippen LogP contribution in [0.2, 0.25) is 0 Å². The van der Waals surface area contributed by atoms with Crippen molar-refractivity contribution in [1.29, 1.82) is 0 Å². The maximum atomic E-state index is 13.0. The Morgan fingerprint density at radius 2 is 1.70 bits per heavy atom. The van der Waals surface area contributed by atoms with E-state index in [0.717, 1.165) is 22.0 Å². The Balaban J connectivity index is 1.64. The zero-order valence-electron chi connectivity index (χ0n) is 14.3. The van der Waals surface area contributed by atoms with Gasteiger partial charge >= 0.3 is 0 Å². The van der Waals surface area contributed by atoms with E-state index < -0.39 is 0 Å². The number of nitrogens with two attached hydrogens (primary N) is 1. The molecule has 132 valence electrons. The summed E-state index contributed by atoms with van der Waals surface area (Å²) in [5, 5.41) is 0.867. The van der Waals surface area contributed by atoms with Crippen molar-refractivity contribution in [3.63, 3.8) is 0 Å². The molecule has 1 aromatic carbocycles. The van der Waals surface area contributed by atoms with Crippen LogP contribution in [-0.2, 0) is 6.42 Å². The van der Waals surface area contributed by atoms with Crippen LogP contribution in [0.15, 0.2) is 67.3 Å². The number of benzene rings is 1. The Labute approximate surface area is 154 Å². The molecule has 4 aromatic rings. The molecule has 0 fully saturated rings. The third-order valence-electron chi connectivity index (χ3n) is 4.22. The lowest BCUT2D eigenvalue weighted by molar-refractivity contribution is 0.0992. The highest BCUT2D eigenvalue weighted by molar-refractivity contribution is 5.97. The Kier molecular flexibility index (Phi) is 4.30. The van der Waals surface area contributed by atoms with E-state index in [1.807, 2.05) is 18.2 Å². The van der Waals surface area contributed by atoms with Crippen molar-refractivity contribution in [2.45, 2.75) is 6.42 Å². The molecule has 0 saturated heterocycles. The van der Waals surface area contributed by atoms with Crippen molar-refractivity contribution in [2.24, 2.45) is 0 Å². The van der Waals surface area contributed by atoms with Gasteiger partial charge in [0.05, 0.1) is 23.8 Å². The average molecular weight is 358 g/mol. The number of hydrogen-bond donors (Lipinski definition) is 1. The summed E-state index contributed by atoms with van der Waals surface area (Å²) in [6.45, 7) is 0. The zero-order chi connectivity index (χ0) is 18.8. The lowest BCUT2D eigenvalue weighted by Gasteiger charge is -2.06. The fraction of sp³-hybridized carbons (Fsp3) is 0.0476. The summed E-state index contributed by atoms with van der Waals surface area (Å²) in [5.74, 6) is -0.490. The Bertz CT molecular complexity index is 1140. The second-order valence-corrected chi connectivity index (χ2v) is 6.21. The Hall–Kier alpha value is -3.67. The maximum Gasteiger partial charge on any atom is 0.168 e. The van der Waals surface area contributed by atoms with Gasteiger partial charge < -0.3 is 5.73 Å². The maximum absolute atomic E-state index is 13.0. The van der Waals surface area contributed by atoms with Gasteiger partial charge in [-0.15, -0.1) is 0 Å². The second-order valence-electron chi connectivity index (χ2n) is 6.21. The summed E-state index contributed by atoms with van der Waals surface area (Å²) >= 11 is 0. The standard InChI is InChI=1S/C21H15FN4O/c22-17-3-1-13(2-4-17)21(27)8-19-7-14-5-15(10-26-20(14)12-25-19)16-6-18(23)11-24-9-16/h1-7,9-12H,8,23H2. The number of carbonyl (C=O) groups is 1. The number of pyridine rings is 3. The molecular formula is C21H15FN4O. The molecule has 0 bridgehead atoms. The van der Waals surface area contributed by atoms with Crippen LogP contribution in [0.5, 0.6) is 0 Å². The molecule has 0 aliphatic rings. The summed E-state index contributed by atoms with van der Waals surface area (Å²) in [6.07, 6.45) is 6.82. The van der Waals surface area contributed by atoms with Crippen LogP contribution in [0.25, 0.3) is 22.0 Å². The fourth-order valence-corrected chi connectivity index (χ4v) is 2.85. The highest BCUT2D eigenvalue weighted by Gasteiger charge is 2.10. The van der Waals surface area contributed by atoms with Gasteiger partial charge in [-0.3, -0.25) is 19.7 Å². The second kappa shape index (κ2) is 6.92. The van der Waals surface area contributed by atoms with Crippen molar-refractivity contribution in [1.82, 2.24) is 15.0 Å². The van der Waals surface area contributed by atoms with Crippen molar-refractivity contribution >= 4 is 22.4 Å². The van der Waals surface area contributed by atoms with Gasteiger partial charge in [-0.2, -0.15) is 0 Å². The van der Waals surface area contributed by atoms with E-state index in [1.54, 1.807) is 24.8 Å². The molecule has 0 unspecified atom stereocenters. The Morgan fingerprint density at radius 1 is 0.926 bits per heavy atom. The minimum absolute atomic E-state index is 0.119. The van der Waals surface area contributed by atoms with Crippen LogP contribution in [-0.4, -0.2) is 20.7 Å². The molecule has 0 saturated carbocycles. The molecule has 4 rings (SSSR count). The van der Waals surface area contributed by atoms with Gasteiger partial charge in [0.15, 0.2) is 5.78 Å². The lowest BCUT2D eigenvalue weighted by atomic mass is 10.0. The largest absolute Gasteiger partial charge is 0.397 e. The van der Waals surface area contributed by atoms with E-state index in [4.69, 9.17) is 5.73 Å². The number of ketones is 1. The number of fused-ring (bicyclic) bond motifs is 1. The highest BCUT2D eigenvalue weighted by atomic mass is 19.1. The van der Waals surface area contributed by atoms with Gasteiger partial charge in [0.25, 0.3) is 0 Å². The normalized spacial score (nSPS) is 10.9. The first-order valence-corrected chi connectivity index (χ1v) is 8.33. The van der Waals surface area contributed by atoms with Crippen LogP contribution < -0.4 is 5.73 Å². The van der Waals surface area contributed by atoms with E-state index in [2.05, 4.69) is 15.0 Å². The first-order chi connectivity index (χ1) is 13.1. The molecule has 0 aliphatic heterocycles. The van der Waals surface area contributed by atoms with Gasteiger partial charge in [0, 0.05) is 46.4 Å². The zero-order valence-corrected chi connectivity index (χ0v) is 14.3. The van der Waals surface area contributed by atoms with Gasteiger partial charge in [-0.25, -0.2) is 4.39 Å². The number of hydrogen-bond acceptors (Lipinski definition) is 5. The third-order valence-corrected chi connectivity index (χ3v) is 4.22. The predicted octanol–water partition coefficient (Wildman–Crippen LogP) is 3.84. The van der Waals surface area contributed by atoms with Crippen LogP contribution in [0.3, 0.4) is 0 Å². The van der Waals surface area contributed by atoms with Crippen LogP contribution in [0, 0.1) is 5.82 Å². The number of halogens is 1. The van der Waals surface area contributed by atoms with E-state index in [0.29, 0.717) is 16.9 Å². The highest BCUT2D eigenvalue weighted by Crippen LogP contribution is 2.23. The van der Waals surface area contributed by atoms with E-state index >= 15 is 0 Å². The molecule has 0 aliphatic carbocycles. The number of rotatable bonds is 4. The van der Waals surface area contributed by atoms with Crippen molar-refractivity contribution in [3.8, 4) is 11.1 Å². The van der Waals surface area contributed by atoms with E-state index in [-0.39, 0.29) is 18.0 Å². The van der Waals surface area contributed by atoms with Crippen LogP contribution in [0.4, 0.5) is 10.1 Å². The Morgan fingerprint density at radius 3 is 2.48 bits per heavy atom. The topological polar surface area (TPSA) is 81.8 Å². The molecule has 3 heterocycles. The molecule has 5 nitrogen and oxygen atoms in total. The molecule has 0 amide bonds. The quantitative estimate of drug-likeness (QED) is 0.561. The van der Waals surface area contributed by atoms with Gasteiger partial charge in [-0.1, -0.05) is 0 Å². The van der Waals surface area contributed by atoms with Crippen LogP contribution in [0.1, 0.15) is 16.1 Å². The number of Topliss-reactive ketones (excluding diaryl/α,β-unsaturated/α-hetero) is 1. The number of nitrogens with zero attached hydrogens (tertiary/aromatic N) is 3. The van der Waals surface area contributed by atoms with Crippen LogP contribution >= 0.6 is 0 Å². The van der Waals surface area contributed by atoms with Gasteiger partial charge in [-0.05, 0) is 42.5 Å². The SMILES string of the molecule is Nc1cncc(-c2cnc3cnc(CC(=O)c4ccc(F)cc4)cc3c2)c1. The molecule has 0 spiro atoms. The number of aromatic nitrogens is 3. The van der Waals surface area contributed by atoms with Crippen molar-refractivity contribution < 1.29 is 9.18 Å². The summed E-state index contributed by atoms with van der Waals surface area (Å²) in [7, 11) is 0. The molecule has 2 N–H and O–H groups in total. The van der Waals surface area contributed by atoms with Gasteiger partial charge in [0.1, 0.15) is 5.82 Å². The first kappa shape index (κ1) is 16.8. The monoisotopic (exact) mass is 358 g/mol. The average Bonchev–Trinajstić information content (AvgIpc) is 2.68. The smallest absolute Gasteiger partial charge is 0.168 e. The molecule has 0 radical (unpaired) electrons. The lowest BCUT2D eigenvalue weighted by Crippen LogP contribution is -2.05. The minimum atomic E-state index is -0.370.